The Morgan fingerprint density at radius 2 is 1.05 bits per heavy atom. The first-order valence-corrected chi connectivity index (χ1v) is 22.6. The van der Waals surface area contributed by atoms with Gasteiger partial charge in [-0.3, -0.25) is 14.6 Å². The van der Waals surface area contributed by atoms with Crippen molar-refractivity contribution in [3.8, 4) is 0 Å². The number of aldehydes is 1. The molecular weight excluding hydrogens is 869 g/mol. The number of thiophene rings is 2. The number of fused-ring (bicyclic) bond motifs is 2. The molecule has 12 nitrogen and oxygen atoms in total. The number of nitrogens with zero attached hydrogens (tertiary/aromatic N) is 6. The number of hydrogen-bond donors (Lipinski definition) is 3. The van der Waals surface area contributed by atoms with Crippen molar-refractivity contribution in [3.63, 3.8) is 0 Å². The molecule has 342 valence electrons. The first kappa shape index (κ1) is 49.6. The number of carbonyl (C=O) groups excluding carboxylic acids is 1. The van der Waals surface area contributed by atoms with E-state index in [1.165, 1.54) is 34.0 Å². The van der Waals surface area contributed by atoms with Gasteiger partial charge in [0.15, 0.2) is 0 Å². The number of aromatic nitrogens is 4. The maximum Gasteiger partial charge on any atom is 0.328 e. The maximum atomic E-state index is 13.4. The predicted octanol–water partition coefficient (Wildman–Crippen LogP) is 9.34. The molecule has 0 bridgehead atoms. The van der Waals surface area contributed by atoms with Gasteiger partial charge in [-0.05, 0) is 91.1 Å². The number of nitrogens with one attached hydrogen (secondary N) is 2. The lowest BCUT2D eigenvalue weighted by molar-refractivity contribution is -0.131. The molecule has 2 aromatic carbocycles. The van der Waals surface area contributed by atoms with Gasteiger partial charge in [-0.2, -0.15) is 0 Å². The Kier molecular flexibility index (Phi) is 18.2. The van der Waals surface area contributed by atoms with Gasteiger partial charge in [-0.25, -0.2) is 42.3 Å². The number of carboxylic acids is 1. The highest BCUT2D eigenvalue weighted by Crippen LogP contribution is 2.34. The lowest BCUT2D eigenvalue weighted by Crippen LogP contribution is -2.38. The minimum Gasteiger partial charge on any atom is -0.478 e. The molecule has 4 aromatic heterocycles. The second-order valence-corrected chi connectivity index (χ2v) is 18.4. The average molecular weight is 923 g/mol. The Hall–Kier alpha value is -5.40. The zero-order valence-corrected chi connectivity index (χ0v) is 37.8. The Labute approximate surface area is 377 Å². The van der Waals surface area contributed by atoms with Crippen LogP contribution in [-0.2, 0) is 22.7 Å². The van der Waals surface area contributed by atoms with Crippen LogP contribution >= 0.6 is 22.7 Å². The number of hydrogen-bond acceptors (Lipinski definition) is 12. The van der Waals surface area contributed by atoms with E-state index < -0.39 is 29.2 Å². The van der Waals surface area contributed by atoms with E-state index in [-0.39, 0.29) is 5.48 Å². The van der Waals surface area contributed by atoms with Crippen LogP contribution in [-0.4, -0.2) is 90.8 Å². The third-order valence-corrected chi connectivity index (χ3v) is 13.4. The van der Waals surface area contributed by atoms with Gasteiger partial charge in [0, 0.05) is 79.3 Å². The van der Waals surface area contributed by atoms with E-state index in [1.807, 2.05) is 0 Å². The monoisotopic (exact) mass is 922 g/mol. The quantitative estimate of drug-likeness (QED) is 0.0608. The van der Waals surface area contributed by atoms with Gasteiger partial charge in [0.2, 0.25) is 0 Å². The summed E-state index contributed by atoms with van der Waals surface area (Å²) in [5, 5.41) is 17.2. The molecule has 0 amide bonds. The lowest BCUT2D eigenvalue weighted by atomic mass is 10.0. The van der Waals surface area contributed by atoms with Crippen LogP contribution in [0.25, 0.3) is 20.4 Å². The van der Waals surface area contributed by atoms with Crippen molar-refractivity contribution >= 4 is 67.0 Å². The lowest BCUT2D eigenvalue weighted by Gasteiger charge is -2.32. The van der Waals surface area contributed by atoms with Crippen molar-refractivity contribution in [2.24, 2.45) is 0 Å². The zero-order valence-electron chi connectivity index (χ0n) is 36.2. The van der Waals surface area contributed by atoms with E-state index in [4.69, 9.17) is 5.11 Å². The standard InChI is InChI=1S/2C21H24F2N4S.C4H4O3.H2O/c2*1-13(2)19-10-18-20(24-12-25-21(18)28-19)26-17-3-5-27(6-4-17)11-14-7-15(22)9-16(23)8-14;5-3-1-2-4(6)7;/h2*7-10,12-13,17H,3-6,11H2,1-2H3,(H,24,25,26);1-3H,(H,6,7);1H2/b;;2-1-;. The number of aliphatic carboxylic acids is 1. The molecule has 6 aromatic rings. The highest BCUT2D eigenvalue weighted by Gasteiger charge is 2.23. The van der Waals surface area contributed by atoms with Crippen molar-refractivity contribution in [2.75, 3.05) is 36.8 Å². The maximum absolute atomic E-state index is 13.4. The number of likely N-dealkylation sites (tertiary alicyclic amines) is 2. The predicted molar refractivity (Wildman–Crippen MR) is 246 cm³/mol. The van der Waals surface area contributed by atoms with E-state index in [2.05, 4.69) is 80.2 Å². The highest BCUT2D eigenvalue weighted by atomic mass is 32.1. The number of anilines is 2. The van der Waals surface area contributed by atoms with Gasteiger partial charge in [-0.1, -0.05) is 27.7 Å². The summed E-state index contributed by atoms with van der Waals surface area (Å²) in [7, 11) is 0. The van der Waals surface area contributed by atoms with Gasteiger partial charge in [0.25, 0.3) is 0 Å². The Balaban J connectivity index is 0.000000207. The number of allylic oxidation sites excluding steroid dienone is 1. The van der Waals surface area contributed by atoms with Crippen molar-refractivity contribution < 1.29 is 37.7 Å². The first-order valence-electron chi connectivity index (χ1n) is 20.9. The molecule has 0 radical (unpaired) electrons. The Bertz CT molecular complexity index is 2310. The van der Waals surface area contributed by atoms with Crippen molar-refractivity contribution in [1.82, 2.24) is 29.7 Å². The van der Waals surface area contributed by atoms with Gasteiger partial charge in [0.1, 0.15) is 63.5 Å². The summed E-state index contributed by atoms with van der Waals surface area (Å²) in [4.78, 5) is 45.8. The normalized spacial score (nSPS) is 15.2. The van der Waals surface area contributed by atoms with Gasteiger partial charge in [-0.15, -0.1) is 22.7 Å². The van der Waals surface area contributed by atoms with Crippen LogP contribution in [0.2, 0.25) is 0 Å². The molecule has 6 heterocycles. The fraction of sp³-hybridized carbons (Fsp3) is 0.391. The van der Waals surface area contributed by atoms with Crippen molar-refractivity contribution in [3.05, 3.63) is 117 Å². The molecule has 64 heavy (non-hydrogen) atoms. The van der Waals surface area contributed by atoms with E-state index >= 15 is 0 Å². The Morgan fingerprint density at radius 1 is 0.672 bits per heavy atom. The second kappa shape index (κ2) is 23.5. The summed E-state index contributed by atoms with van der Waals surface area (Å²) < 4.78 is 53.5. The molecule has 18 heteroatoms. The molecular formula is C46H54F4N8O4S2. The molecule has 5 N–H and O–H groups in total. The van der Waals surface area contributed by atoms with Crippen LogP contribution in [0.4, 0.5) is 29.2 Å². The smallest absolute Gasteiger partial charge is 0.328 e. The molecule has 2 fully saturated rings. The average Bonchev–Trinajstić information content (AvgIpc) is 3.89. The largest absolute Gasteiger partial charge is 0.478 e. The molecule has 8 rings (SSSR count). The van der Waals surface area contributed by atoms with Gasteiger partial charge >= 0.3 is 5.97 Å². The molecule has 2 aliphatic heterocycles. The van der Waals surface area contributed by atoms with E-state index in [0.29, 0.717) is 54.4 Å². The van der Waals surface area contributed by atoms with E-state index in [1.54, 1.807) is 35.3 Å². The molecule has 2 aliphatic rings. The Morgan fingerprint density at radius 3 is 1.36 bits per heavy atom. The summed E-state index contributed by atoms with van der Waals surface area (Å²) in [6.45, 7) is 13.4. The summed E-state index contributed by atoms with van der Waals surface area (Å²) in [5.74, 6) is -0.422. The minimum absolute atomic E-state index is 0. The third-order valence-electron chi connectivity index (χ3n) is 10.7. The zero-order chi connectivity index (χ0) is 45.0. The molecule has 0 saturated carbocycles. The van der Waals surface area contributed by atoms with Crippen molar-refractivity contribution in [1.29, 1.82) is 0 Å². The molecule has 0 spiro atoms. The third kappa shape index (κ3) is 14.3. The van der Waals surface area contributed by atoms with Gasteiger partial charge < -0.3 is 21.2 Å². The number of halogens is 4. The molecule has 2 saturated heterocycles. The number of rotatable bonds is 12. The van der Waals surface area contributed by atoms with Gasteiger partial charge in [0.05, 0.1) is 10.8 Å². The minimum atomic E-state index is -1.10. The number of carboxylic acid groups (broad SMARTS) is 1. The molecule has 0 aliphatic carbocycles. The number of benzene rings is 2. The van der Waals surface area contributed by atoms with Crippen LogP contribution in [0.5, 0.6) is 0 Å². The van der Waals surface area contributed by atoms with E-state index in [0.717, 1.165) is 108 Å². The van der Waals surface area contributed by atoms with Crippen molar-refractivity contribution in [2.45, 2.75) is 90.4 Å². The van der Waals surface area contributed by atoms with Crippen LogP contribution < -0.4 is 10.6 Å². The summed E-state index contributed by atoms with van der Waals surface area (Å²) in [6, 6.07) is 12.5. The van der Waals surface area contributed by atoms with Crippen LogP contribution in [0.15, 0.2) is 73.3 Å². The summed E-state index contributed by atoms with van der Waals surface area (Å²) >= 11 is 3.45. The summed E-state index contributed by atoms with van der Waals surface area (Å²) in [6.07, 6.45) is 9.20. The fourth-order valence-corrected chi connectivity index (χ4v) is 9.45. The van der Waals surface area contributed by atoms with Crippen LogP contribution in [0, 0.1) is 23.3 Å². The molecule has 0 atom stereocenters. The number of piperidine rings is 2. The second-order valence-electron chi connectivity index (χ2n) is 16.3. The SMILES string of the molecule is CC(C)c1cc2c(NC3CCN(Cc4cc(F)cc(F)c4)CC3)ncnc2s1.CC(C)c1cc2c(NC3CCN(Cc4cc(F)cc(F)c4)CC3)ncnc2s1.O.O=C/C=C\C(=O)O. The fourth-order valence-electron chi connectivity index (χ4n) is 7.45. The molecule has 0 unspecified atom stereocenters. The van der Waals surface area contributed by atoms with E-state index in [9.17, 15) is 27.2 Å². The number of carbonyl (C=O) groups is 2. The summed E-state index contributed by atoms with van der Waals surface area (Å²) in [5.41, 5.74) is 1.36. The van der Waals surface area contributed by atoms with Crippen LogP contribution in [0.3, 0.4) is 0 Å². The first-order chi connectivity index (χ1) is 30.2. The topological polar surface area (TPSA) is 168 Å². The van der Waals surface area contributed by atoms with Crippen LogP contribution in [0.1, 0.15) is 86.1 Å². The highest BCUT2D eigenvalue weighted by molar-refractivity contribution is 7.19.